The highest BCUT2D eigenvalue weighted by Crippen LogP contribution is 2.13. The summed E-state index contributed by atoms with van der Waals surface area (Å²) in [7, 11) is 0. The third-order valence-electron chi connectivity index (χ3n) is 4.20. The number of carbonyl (C=O) groups excluding carboxylic acids is 1. The second kappa shape index (κ2) is 9.57. The van der Waals surface area contributed by atoms with Crippen LogP contribution >= 0.6 is 0 Å². The van der Waals surface area contributed by atoms with Crippen LogP contribution in [0.1, 0.15) is 30.4 Å². The van der Waals surface area contributed by atoms with Crippen LogP contribution in [0.5, 0.6) is 5.75 Å². The molecule has 0 aliphatic carbocycles. The monoisotopic (exact) mass is 363 g/mol. The minimum absolute atomic E-state index is 0.0537. The highest BCUT2D eigenvalue weighted by Gasteiger charge is 2.04. The molecule has 27 heavy (non-hydrogen) atoms. The molecule has 3 aromatic rings. The van der Waals surface area contributed by atoms with Gasteiger partial charge in [-0.05, 0) is 49.6 Å². The number of hydrogen-bond acceptors (Lipinski definition) is 3. The van der Waals surface area contributed by atoms with E-state index in [2.05, 4.69) is 10.4 Å². The zero-order valence-electron chi connectivity index (χ0n) is 15.6. The number of amides is 1. The van der Waals surface area contributed by atoms with E-state index in [9.17, 15) is 4.79 Å². The zero-order valence-corrected chi connectivity index (χ0v) is 15.6. The zero-order chi connectivity index (χ0) is 18.9. The van der Waals surface area contributed by atoms with Gasteiger partial charge in [-0.15, -0.1) is 0 Å². The average Bonchev–Trinajstić information content (AvgIpc) is 3.16. The summed E-state index contributed by atoms with van der Waals surface area (Å²) in [6, 6.07) is 17.9. The summed E-state index contributed by atoms with van der Waals surface area (Å²) in [5.74, 6) is 0.938. The molecule has 1 heterocycles. The number of unbranched alkanes of at least 4 members (excludes halogenated alkanes) is 1. The highest BCUT2D eigenvalue weighted by molar-refractivity contribution is 5.75. The number of carbonyl (C=O) groups is 1. The Kier molecular flexibility index (Phi) is 6.63. The van der Waals surface area contributed by atoms with E-state index in [1.165, 1.54) is 5.56 Å². The second-order valence-corrected chi connectivity index (χ2v) is 6.53. The Morgan fingerprint density at radius 1 is 1.11 bits per heavy atom. The van der Waals surface area contributed by atoms with E-state index in [-0.39, 0.29) is 5.91 Å². The number of ether oxygens (including phenoxy) is 1. The summed E-state index contributed by atoms with van der Waals surface area (Å²) < 4.78 is 7.51. The van der Waals surface area contributed by atoms with Crippen molar-refractivity contribution in [3.8, 4) is 11.4 Å². The van der Waals surface area contributed by atoms with Gasteiger partial charge in [0.25, 0.3) is 0 Å². The molecule has 0 aliphatic heterocycles. The quantitative estimate of drug-likeness (QED) is 0.584. The van der Waals surface area contributed by atoms with Gasteiger partial charge in [0, 0.05) is 24.7 Å². The molecule has 0 spiro atoms. The van der Waals surface area contributed by atoms with Crippen molar-refractivity contribution < 1.29 is 9.53 Å². The standard InChI is InChI=1S/C22H25N3O2/c1-18-8-7-11-21(14-18)27-13-6-5-12-22(26)23-15-19-16-24-25(17-19)20-9-3-2-4-10-20/h2-4,7-11,14,16-17H,5-6,12-13,15H2,1H3,(H,23,26). The van der Waals surface area contributed by atoms with Gasteiger partial charge in [0.2, 0.25) is 5.91 Å². The van der Waals surface area contributed by atoms with Crippen LogP contribution < -0.4 is 10.1 Å². The molecular formula is C22H25N3O2. The van der Waals surface area contributed by atoms with Crippen molar-refractivity contribution in [3.05, 3.63) is 78.1 Å². The molecule has 0 atom stereocenters. The van der Waals surface area contributed by atoms with E-state index in [1.54, 1.807) is 6.20 Å². The van der Waals surface area contributed by atoms with Crippen molar-refractivity contribution >= 4 is 5.91 Å². The Morgan fingerprint density at radius 3 is 2.78 bits per heavy atom. The van der Waals surface area contributed by atoms with E-state index < -0.39 is 0 Å². The van der Waals surface area contributed by atoms with Crippen molar-refractivity contribution in [3.63, 3.8) is 0 Å². The fourth-order valence-corrected chi connectivity index (χ4v) is 2.75. The van der Waals surface area contributed by atoms with Gasteiger partial charge in [-0.3, -0.25) is 4.79 Å². The molecule has 0 bridgehead atoms. The summed E-state index contributed by atoms with van der Waals surface area (Å²) >= 11 is 0. The first-order valence-corrected chi connectivity index (χ1v) is 9.26. The lowest BCUT2D eigenvalue weighted by atomic mass is 10.2. The lowest BCUT2D eigenvalue weighted by Gasteiger charge is -2.07. The molecule has 1 amide bonds. The molecule has 5 heteroatoms. The fraction of sp³-hybridized carbons (Fsp3) is 0.273. The molecule has 2 aromatic carbocycles. The predicted molar refractivity (Wildman–Crippen MR) is 106 cm³/mol. The van der Waals surface area contributed by atoms with Gasteiger partial charge in [0.1, 0.15) is 5.75 Å². The van der Waals surface area contributed by atoms with Crippen LogP contribution in [0.4, 0.5) is 0 Å². The lowest BCUT2D eigenvalue weighted by Crippen LogP contribution is -2.22. The van der Waals surface area contributed by atoms with E-state index >= 15 is 0 Å². The Hall–Kier alpha value is -3.08. The van der Waals surface area contributed by atoms with Crippen LogP contribution in [0.15, 0.2) is 67.0 Å². The van der Waals surface area contributed by atoms with Crippen molar-refractivity contribution in [1.82, 2.24) is 15.1 Å². The van der Waals surface area contributed by atoms with E-state index in [0.717, 1.165) is 29.8 Å². The normalized spacial score (nSPS) is 10.6. The van der Waals surface area contributed by atoms with Gasteiger partial charge in [0.15, 0.2) is 0 Å². The van der Waals surface area contributed by atoms with Gasteiger partial charge in [0.05, 0.1) is 18.5 Å². The summed E-state index contributed by atoms with van der Waals surface area (Å²) in [5, 5.41) is 7.28. The van der Waals surface area contributed by atoms with Crippen LogP contribution in [0.25, 0.3) is 5.69 Å². The number of aryl methyl sites for hydroxylation is 1. The molecule has 0 aliphatic rings. The van der Waals surface area contributed by atoms with Crippen molar-refractivity contribution in [2.45, 2.75) is 32.7 Å². The van der Waals surface area contributed by atoms with E-state index in [4.69, 9.17) is 4.74 Å². The van der Waals surface area contributed by atoms with E-state index in [1.807, 2.05) is 72.4 Å². The Morgan fingerprint density at radius 2 is 1.96 bits per heavy atom. The van der Waals surface area contributed by atoms with E-state index in [0.29, 0.717) is 19.6 Å². The highest BCUT2D eigenvalue weighted by atomic mass is 16.5. The molecule has 0 saturated carbocycles. The first-order chi connectivity index (χ1) is 13.2. The number of rotatable bonds is 9. The number of hydrogen-bond donors (Lipinski definition) is 1. The maximum atomic E-state index is 12.0. The second-order valence-electron chi connectivity index (χ2n) is 6.53. The summed E-state index contributed by atoms with van der Waals surface area (Å²) in [6.45, 7) is 3.16. The van der Waals surface area contributed by atoms with Crippen LogP contribution in [-0.2, 0) is 11.3 Å². The molecule has 0 radical (unpaired) electrons. The van der Waals surface area contributed by atoms with Gasteiger partial charge in [-0.1, -0.05) is 30.3 Å². The minimum Gasteiger partial charge on any atom is -0.494 e. The van der Waals surface area contributed by atoms with Gasteiger partial charge in [-0.2, -0.15) is 5.10 Å². The first kappa shape index (κ1) is 18.7. The number of nitrogens with one attached hydrogen (secondary N) is 1. The Balaban J connectivity index is 1.32. The number of nitrogens with zero attached hydrogens (tertiary/aromatic N) is 2. The Bertz CT molecular complexity index is 859. The summed E-state index contributed by atoms with van der Waals surface area (Å²) in [4.78, 5) is 12.0. The van der Waals surface area contributed by atoms with Crippen molar-refractivity contribution in [2.24, 2.45) is 0 Å². The summed E-state index contributed by atoms with van der Waals surface area (Å²) in [6.07, 6.45) is 5.88. The maximum Gasteiger partial charge on any atom is 0.220 e. The molecule has 140 valence electrons. The molecule has 1 N–H and O–H groups in total. The van der Waals surface area contributed by atoms with Crippen molar-refractivity contribution in [1.29, 1.82) is 0 Å². The van der Waals surface area contributed by atoms with Crippen LogP contribution in [-0.4, -0.2) is 22.3 Å². The molecular weight excluding hydrogens is 338 g/mol. The third kappa shape index (κ3) is 5.99. The van der Waals surface area contributed by atoms with Gasteiger partial charge < -0.3 is 10.1 Å². The maximum absolute atomic E-state index is 12.0. The van der Waals surface area contributed by atoms with Crippen LogP contribution in [0.3, 0.4) is 0 Å². The SMILES string of the molecule is Cc1cccc(OCCCCC(=O)NCc2cnn(-c3ccccc3)c2)c1. The van der Waals surface area contributed by atoms with Crippen LogP contribution in [0, 0.1) is 6.92 Å². The largest absolute Gasteiger partial charge is 0.494 e. The van der Waals surface area contributed by atoms with Crippen LogP contribution in [0.2, 0.25) is 0 Å². The molecule has 1 aromatic heterocycles. The first-order valence-electron chi connectivity index (χ1n) is 9.26. The minimum atomic E-state index is 0.0537. The summed E-state index contributed by atoms with van der Waals surface area (Å²) in [5.41, 5.74) is 3.17. The molecule has 0 saturated heterocycles. The lowest BCUT2D eigenvalue weighted by molar-refractivity contribution is -0.121. The third-order valence-corrected chi connectivity index (χ3v) is 4.20. The molecule has 3 rings (SSSR count). The molecule has 0 unspecified atom stereocenters. The molecule has 5 nitrogen and oxygen atoms in total. The van der Waals surface area contributed by atoms with Crippen molar-refractivity contribution in [2.75, 3.05) is 6.61 Å². The van der Waals surface area contributed by atoms with Gasteiger partial charge in [-0.25, -0.2) is 4.68 Å². The number of benzene rings is 2. The average molecular weight is 363 g/mol. The topological polar surface area (TPSA) is 56.1 Å². The van der Waals surface area contributed by atoms with Gasteiger partial charge >= 0.3 is 0 Å². The molecule has 0 fully saturated rings. The smallest absolute Gasteiger partial charge is 0.220 e. The fourth-order valence-electron chi connectivity index (χ4n) is 2.75. The Labute approximate surface area is 160 Å². The predicted octanol–water partition coefficient (Wildman–Crippen LogP) is 4.05. The number of para-hydroxylation sites is 1. The number of aromatic nitrogens is 2.